The van der Waals surface area contributed by atoms with Crippen LogP contribution >= 0.6 is 0 Å². The second-order valence-corrected chi connectivity index (χ2v) is 7.34. The van der Waals surface area contributed by atoms with E-state index in [1.807, 2.05) is 37.3 Å². The van der Waals surface area contributed by atoms with Crippen LogP contribution < -0.4 is 10.0 Å². The lowest BCUT2D eigenvalue weighted by Crippen LogP contribution is -2.24. The van der Waals surface area contributed by atoms with Gasteiger partial charge in [-0.05, 0) is 30.2 Å². The molecular weight excluding hydrogens is 340 g/mol. The number of sulfonamides is 1. The molecule has 0 saturated heterocycles. The molecule has 0 amide bonds. The number of aromatic carboxylic acids is 1. The van der Waals surface area contributed by atoms with E-state index in [-0.39, 0.29) is 17.0 Å². The molecule has 6 nitrogen and oxygen atoms in total. The van der Waals surface area contributed by atoms with Crippen LogP contribution in [0.15, 0.2) is 53.4 Å². The molecule has 3 N–H and O–H groups in total. The number of hydrogen-bond acceptors (Lipinski definition) is 4. The van der Waals surface area contributed by atoms with Crippen LogP contribution in [0.5, 0.6) is 0 Å². The Bertz CT molecular complexity index is 820. The summed E-state index contributed by atoms with van der Waals surface area (Å²) in [7, 11) is -3.86. The van der Waals surface area contributed by atoms with Crippen LogP contribution in [-0.4, -0.2) is 26.0 Å². The van der Waals surface area contributed by atoms with Gasteiger partial charge in [0.15, 0.2) is 0 Å². The molecule has 0 unspecified atom stereocenters. The lowest BCUT2D eigenvalue weighted by atomic mass is 10.2. The largest absolute Gasteiger partial charge is 0.478 e. The van der Waals surface area contributed by atoms with Gasteiger partial charge in [0.2, 0.25) is 10.0 Å². The minimum Gasteiger partial charge on any atom is -0.478 e. The standard InChI is InChI=1S/C18H22N2O4S/c1-2-3-11-19-16-10-9-15(18(21)22)12-17(16)25(23,24)20-13-14-7-5-4-6-8-14/h4-10,12,19-20H,2-3,11,13H2,1H3,(H,21,22). The van der Waals surface area contributed by atoms with E-state index in [4.69, 9.17) is 5.11 Å². The first-order valence-corrected chi connectivity index (χ1v) is 9.57. The zero-order valence-electron chi connectivity index (χ0n) is 14.0. The van der Waals surface area contributed by atoms with Crippen LogP contribution in [0, 0.1) is 0 Å². The van der Waals surface area contributed by atoms with Crippen molar-refractivity contribution in [1.82, 2.24) is 4.72 Å². The summed E-state index contributed by atoms with van der Waals surface area (Å²) in [6.45, 7) is 2.78. The fourth-order valence-electron chi connectivity index (χ4n) is 2.28. The van der Waals surface area contributed by atoms with Crippen LogP contribution in [-0.2, 0) is 16.6 Å². The Morgan fingerprint density at radius 3 is 2.48 bits per heavy atom. The van der Waals surface area contributed by atoms with Gasteiger partial charge in [-0.3, -0.25) is 0 Å². The molecule has 0 saturated carbocycles. The Morgan fingerprint density at radius 2 is 1.84 bits per heavy atom. The van der Waals surface area contributed by atoms with Crippen molar-refractivity contribution in [2.24, 2.45) is 0 Å². The maximum absolute atomic E-state index is 12.7. The van der Waals surface area contributed by atoms with Gasteiger partial charge in [0.05, 0.1) is 11.3 Å². The van der Waals surface area contributed by atoms with E-state index in [1.165, 1.54) is 18.2 Å². The highest BCUT2D eigenvalue weighted by Gasteiger charge is 2.20. The summed E-state index contributed by atoms with van der Waals surface area (Å²) in [5.74, 6) is -1.17. The highest BCUT2D eigenvalue weighted by atomic mass is 32.2. The van der Waals surface area contributed by atoms with E-state index in [9.17, 15) is 13.2 Å². The maximum Gasteiger partial charge on any atom is 0.335 e. The summed E-state index contributed by atoms with van der Waals surface area (Å²) in [4.78, 5) is 11.1. The van der Waals surface area contributed by atoms with Crippen molar-refractivity contribution in [2.75, 3.05) is 11.9 Å². The molecule has 0 atom stereocenters. The third kappa shape index (κ3) is 5.30. The lowest BCUT2D eigenvalue weighted by molar-refractivity contribution is 0.0696. The highest BCUT2D eigenvalue weighted by Crippen LogP contribution is 2.23. The molecule has 2 aromatic carbocycles. The van der Waals surface area contributed by atoms with Crippen LogP contribution in [0.25, 0.3) is 0 Å². The van der Waals surface area contributed by atoms with Gasteiger partial charge in [0.1, 0.15) is 4.90 Å². The van der Waals surface area contributed by atoms with Crippen molar-refractivity contribution in [3.8, 4) is 0 Å². The molecule has 0 spiro atoms. The quantitative estimate of drug-likeness (QED) is 0.596. The third-order valence-electron chi connectivity index (χ3n) is 3.67. The van der Waals surface area contributed by atoms with Gasteiger partial charge in [0, 0.05) is 13.1 Å². The average molecular weight is 362 g/mol. The minimum absolute atomic E-state index is 0.0561. The molecule has 0 heterocycles. The van der Waals surface area contributed by atoms with Crippen LogP contribution in [0.1, 0.15) is 35.7 Å². The van der Waals surface area contributed by atoms with Crippen molar-refractivity contribution in [3.05, 3.63) is 59.7 Å². The average Bonchev–Trinajstić information content (AvgIpc) is 2.61. The number of unbranched alkanes of at least 4 members (excludes halogenated alkanes) is 1. The first kappa shape index (κ1) is 19.0. The summed E-state index contributed by atoms with van der Waals surface area (Å²) in [6, 6.07) is 13.2. The van der Waals surface area contributed by atoms with Gasteiger partial charge in [0.25, 0.3) is 0 Å². The van der Waals surface area contributed by atoms with Gasteiger partial charge in [-0.25, -0.2) is 17.9 Å². The Morgan fingerprint density at radius 1 is 1.12 bits per heavy atom. The molecule has 7 heteroatoms. The zero-order valence-corrected chi connectivity index (χ0v) is 14.8. The number of anilines is 1. The molecular formula is C18H22N2O4S. The molecule has 0 aromatic heterocycles. The summed E-state index contributed by atoms with van der Waals surface area (Å²) in [6.07, 6.45) is 1.85. The fourth-order valence-corrected chi connectivity index (χ4v) is 3.50. The molecule has 0 aliphatic carbocycles. The Hall–Kier alpha value is -2.38. The topological polar surface area (TPSA) is 95.5 Å². The first-order chi connectivity index (χ1) is 11.9. The maximum atomic E-state index is 12.7. The molecule has 0 radical (unpaired) electrons. The monoisotopic (exact) mass is 362 g/mol. The number of carbonyl (C=O) groups is 1. The van der Waals surface area contributed by atoms with Gasteiger partial charge in [-0.15, -0.1) is 0 Å². The van der Waals surface area contributed by atoms with Gasteiger partial charge in [-0.2, -0.15) is 0 Å². The summed E-state index contributed by atoms with van der Waals surface area (Å²) < 4.78 is 27.9. The van der Waals surface area contributed by atoms with Gasteiger partial charge >= 0.3 is 5.97 Å². The highest BCUT2D eigenvalue weighted by molar-refractivity contribution is 7.89. The SMILES string of the molecule is CCCCNc1ccc(C(=O)O)cc1S(=O)(=O)NCc1ccccc1. The fraction of sp³-hybridized carbons (Fsp3) is 0.278. The first-order valence-electron chi connectivity index (χ1n) is 8.09. The van der Waals surface area contributed by atoms with Gasteiger partial charge in [-0.1, -0.05) is 43.7 Å². The van der Waals surface area contributed by atoms with E-state index >= 15 is 0 Å². The number of nitrogens with one attached hydrogen (secondary N) is 2. The van der Waals surface area contributed by atoms with E-state index < -0.39 is 16.0 Å². The number of carboxylic acids is 1. The molecule has 0 bridgehead atoms. The molecule has 0 aliphatic heterocycles. The third-order valence-corrected chi connectivity index (χ3v) is 5.11. The molecule has 2 aromatic rings. The van der Waals surface area contributed by atoms with E-state index in [1.54, 1.807) is 0 Å². The predicted octanol–water partition coefficient (Wildman–Crippen LogP) is 3.08. The molecule has 25 heavy (non-hydrogen) atoms. The van der Waals surface area contributed by atoms with Crippen LogP contribution in [0.2, 0.25) is 0 Å². The number of rotatable bonds is 9. The van der Waals surface area contributed by atoms with Crippen molar-refractivity contribution < 1.29 is 18.3 Å². The van der Waals surface area contributed by atoms with Crippen molar-refractivity contribution in [3.63, 3.8) is 0 Å². The zero-order chi connectivity index (χ0) is 18.3. The smallest absolute Gasteiger partial charge is 0.335 e. The Labute approximate surface area is 147 Å². The molecule has 0 fully saturated rings. The lowest BCUT2D eigenvalue weighted by Gasteiger charge is -2.14. The second-order valence-electron chi connectivity index (χ2n) is 5.61. The Balaban J connectivity index is 2.28. The normalized spacial score (nSPS) is 11.2. The minimum atomic E-state index is -3.86. The number of benzene rings is 2. The molecule has 134 valence electrons. The van der Waals surface area contributed by atoms with Crippen molar-refractivity contribution in [1.29, 1.82) is 0 Å². The van der Waals surface area contributed by atoms with Crippen molar-refractivity contribution in [2.45, 2.75) is 31.2 Å². The van der Waals surface area contributed by atoms with E-state index in [0.717, 1.165) is 18.4 Å². The van der Waals surface area contributed by atoms with Crippen LogP contribution in [0.4, 0.5) is 5.69 Å². The van der Waals surface area contributed by atoms with Crippen LogP contribution in [0.3, 0.4) is 0 Å². The van der Waals surface area contributed by atoms with Gasteiger partial charge < -0.3 is 10.4 Å². The number of carboxylic acid groups (broad SMARTS) is 1. The second kappa shape index (κ2) is 8.64. The summed E-state index contributed by atoms with van der Waals surface area (Å²) in [5, 5.41) is 12.2. The van der Waals surface area contributed by atoms with E-state index in [0.29, 0.717) is 12.2 Å². The predicted molar refractivity (Wildman–Crippen MR) is 97.3 cm³/mol. The number of hydrogen-bond donors (Lipinski definition) is 3. The van der Waals surface area contributed by atoms with E-state index in [2.05, 4.69) is 10.0 Å². The Kier molecular flexibility index (Phi) is 6.55. The van der Waals surface area contributed by atoms with Crippen molar-refractivity contribution >= 4 is 21.7 Å². The summed E-state index contributed by atoms with van der Waals surface area (Å²) >= 11 is 0. The molecule has 0 aliphatic rings. The molecule has 2 rings (SSSR count). The summed E-state index contributed by atoms with van der Waals surface area (Å²) in [5.41, 5.74) is 1.15.